The number of aryl methyl sites for hydroxylation is 1. The second kappa shape index (κ2) is 6.70. The van der Waals surface area contributed by atoms with Crippen LogP contribution in [0.4, 0.5) is 0 Å². The Labute approximate surface area is 125 Å². The van der Waals surface area contributed by atoms with Crippen molar-refractivity contribution in [3.05, 3.63) is 29.3 Å². The van der Waals surface area contributed by atoms with Crippen LogP contribution in [0.2, 0.25) is 0 Å². The summed E-state index contributed by atoms with van der Waals surface area (Å²) in [5.74, 6) is -1.03. The average Bonchev–Trinajstić information content (AvgIpc) is 2.45. The molecule has 0 radical (unpaired) electrons. The second-order valence-corrected chi connectivity index (χ2v) is 6.84. The first-order valence-corrected chi connectivity index (χ1v) is 7.73. The highest BCUT2D eigenvalue weighted by atomic mass is 32.2. The van der Waals surface area contributed by atoms with E-state index in [0.717, 1.165) is 4.31 Å². The first kappa shape index (κ1) is 17.1. The van der Waals surface area contributed by atoms with Gasteiger partial charge in [-0.05, 0) is 30.7 Å². The van der Waals surface area contributed by atoms with Gasteiger partial charge in [-0.2, -0.15) is 5.26 Å². The van der Waals surface area contributed by atoms with Gasteiger partial charge in [-0.1, -0.05) is 6.92 Å². The van der Waals surface area contributed by atoms with Gasteiger partial charge in [0.15, 0.2) is 0 Å². The molecule has 1 atom stereocenters. The minimum Gasteiger partial charge on any atom is -0.469 e. The first-order valence-electron chi connectivity index (χ1n) is 6.29. The molecule has 0 N–H and O–H groups in total. The Hall–Kier alpha value is -1.91. The lowest BCUT2D eigenvalue weighted by Gasteiger charge is -2.20. The summed E-state index contributed by atoms with van der Waals surface area (Å²) in [6, 6.07) is 6.30. The molecule has 0 amide bonds. The van der Waals surface area contributed by atoms with Crippen LogP contribution < -0.4 is 0 Å². The van der Waals surface area contributed by atoms with E-state index in [2.05, 4.69) is 4.74 Å². The molecule has 1 rings (SSSR count). The Morgan fingerprint density at radius 2 is 2.10 bits per heavy atom. The molecule has 0 saturated heterocycles. The fourth-order valence-corrected chi connectivity index (χ4v) is 3.21. The van der Waals surface area contributed by atoms with Crippen LogP contribution >= 0.6 is 0 Å². The van der Waals surface area contributed by atoms with Gasteiger partial charge in [0.1, 0.15) is 0 Å². The molecule has 114 valence electrons. The first-order chi connectivity index (χ1) is 9.73. The molecular weight excluding hydrogens is 292 g/mol. The highest BCUT2D eigenvalue weighted by Gasteiger charge is 2.25. The highest BCUT2D eigenvalue weighted by molar-refractivity contribution is 7.89. The number of nitriles is 1. The minimum absolute atomic E-state index is 0.0219. The van der Waals surface area contributed by atoms with Gasteiger partial charge in [0.05, 0.1) is 29.6 Å². The van der Waals surface area contributed by atoms with Crippen LogP contribution in [0, 0.1) is 24.2 Å². The van der Waals surface area contributed by atoms with E-state index in [1.807, 2.05) is 6.07 Å². The van der Waals surface area contributed by atoms with Crippen LogP contribution in [0.25, 0.3) is 0 Å². The van der Waals surface area contributed by atoms with Gasteiger partial charge >= 0.3 is 5.97 Å². The van der Waals surface area contributed by atoms with Crippen LogP contribution in [0.1, 0.15) is 18.1 Å². The maximum atomic E-state index is 12.4. The summed E-state index contributed by atoms with van der Waals surface area (Å²) in [6.07, 6.45) is 0. The minimum atomic E-state index is -3.71. The molecule has 0 fully saturated rings. The topological polar surface area (TPSA) is 87.5 Å². The molecule has 0 aromatic heterocycles. The normalized spacial score (nSPS) is 12.8. The number of benzene rings is 1. The van der Waals surface area contributed by atoms with Gasteiger partial charge in [0.2, 0.25) is 10.0 Å². The van der Waals surface area contributed by atoms with Gasteiger partial charge in [0, 0.05) is 13.6 Å². The molecule has 6 nitrogen and oxygen atoms in total. The van der Waals surface area contributed by atoms with Crippen molar-refractivity contribution >= 4 is 16.0 Å². The molecular formula is C14H18N2O4S. The Morgan fingerprint density at radius 1 is 1.48 bits per heavy atom. The lowest BCUT2D eigenvalue weighted by atomic mass is 10.1. The number of rotatable bonds is 5. The zero-order chi connectivity index (χ0) is 16.2. The lowest BCUT2D eigenvalue weighted by Crippen LogP contribution is -2.34. The van der Waals surface area contributed by atoms with E-state index in [1.165, 1.54) is 32.4 Å². The van der Waals surface area contributed by atoms with Crippen molar-refractivity contribution in [2.75, 3.05) is 20.7 Å². The van der Waals surface area contributed by atoms with Crippen LogP contribution in [0.15, 0.2) is 23.1 Å². The summed E-state index contributed by atoms with van der Waals surface area (Å²) in [6.45, 7) is 3.30. The van der Waals surface area contributed by atoms with E-state index in [1.54, 1.807) is 13.8 Å². The van der Waals surface area contributed by atoms with Crippen molar-refractivity contribution in [2.45, 2.75) is 18.7 Å². The highest BCUT2D eigenvalue weighted by Crippen LogP contribution is 2.19. The Morgan fingerprint density at radius 3 is 2.57 bits per heavy atom. The third kappa shape index (κ3) is 3.80. The molecule has 21 heavy (non-hydrogen) atoms. The summed E-state index contributed by atoms with van der Waals surface area (Å²) in [5.41, 5.74) is 1.02. The monoisotopic (exact) mass is 310 g/mol. The third-order valence-corrected chi connectivity index (χ3v) is 4.98. The van der Waals surface area contributed by atoms with Gasteiger partial charge in [-0.25, -0.2) is 12.7 Å². The quantitative estimate of drug-likeness (QED) is 0.765. The van der Waals surface area contributed by atoms with Crippen molar-refractivity contribution in [3.8, 4) is 6.07 Å². The van der Waals surface area contributed by atoms with E-state index in [4.69, 9.17) is 5.26 Å². The summed E-state index contributed by atoms with van der Waals surface area (Å²) >= 11 is 0. The fourth-order valence-electron chi connectivity index (χ4n) is 1.86. The van der Waals surface area contributed by atoms with Crippen LogP contribution in [-0.4, -0.2) is 39.4 Å². The molecule has 1 aromatic carbocycles. The smallest absolute Gasteiger partial charge is 0.309 e. The molecule has 0 saturated carbocycles. The Kier molecular flexibility index (Phi) is 5.47. The van der Waals surface area contributed by atoms with Crippen molar-refractivity contribution in [1.29, 1.82) is 5.26 Å². The summed E-state index contributed by atoms with van der Waals surface area (Å²) in [7, 11) is -1.04. The van der Waals surface area contributed by atoms with E-state index < -0.39 is 21.9 Å². The van der Waals surface area contributed by atoms with E-state index in [9.17, 15) is 13.2 Å². The van der Waals surface area contributed by atoms with Gasteiger partial charge in [0.25, 0.3) is 0 Å². The average molecular weight is 310 g/mol. The zero-order valence-corrected chi connectivity index (χ0v) is 13.3. The Balaban J connectivity index is 3.03. The molecule has 0 aliphatic heterocycles. The molecule has 0 spiro atoms. The number of hydrogen-bond donors (Lipinski definition) is 0. The number of nitrogens with zero attached hydrogens (tertiary/aromatic N) is 2. The third-order valence-electron chi connectivity index (χ3n) is 3.16. The molecule has 1 aromatic rings. The maximum Gasteiger partial charge on any atom is 0.309 e. The van der Waals surface area contributed by atoms with Crippen LogP contribution in [0.3, 0.4) is 0 Å². The zero-order valence-electron chi connectivity index (χ0n) is 12.5. The summed E-state index contributed by atoms with van der Waals surface area (Å²) < 4.78 is 30.5. The SMILES string of the molecule is COC(=O)C(C)CN(C)S(=O)(=O)c1ccc(C#N)c(C)c1. The lowest BCUT2D eigenvalue weighted by molar-refractivity contribution is -0.144. The molecule has 0 heterocycles. The van der Waals surface area contributed by atoms with Gasteiger partial charge in [-0.3, -0.25) is 4.79 Å². The van der Waals surface area contributed by atoms with E-state index >= 15 is 0 Å². The number of sulfonamides is 1. The van der Waals surface area contributed by atoms with Gasteiger partial charge < -0.3 is 4.74 Å². The Bertz CT molecular complexity index is 677. The summed E-state index contributed by atoms with van der Waals surface area (Å²) in [4.78, 5) is 11.5. The van der Waals surface area contributed by atoms with Gasteiger partial charge in [-0.15, -0.1) is 0 Å². The fraction of sp³-hybridized carbons (Fsp3) is 0.429. The van der Waals surface area contributed by atoms with Crippen molar-refractivity contribution < 1.29 is 17.9 Å². The molecule has 0 aliphatic rings. The number of ether oxygens (including phenoxy) is 1. The van der Waals surface area contributed by atoms with Crippen LogP contribution in [-0.2, 0) is 19.6 Å². The maximum absolute atomic E-state index is 12.4. The number of carbonyl (C=O) groups is 1. The molecule has 7 heteroatoms. The van der Waals surface area contributed by atoms with Crippen molar-refractivity contribution in [3.63, 3.8) is 0 Å². The number of hydrogen-bond acceptors (Lipinski definition) is 5. The predicted molar refractivity (Wildman–Crippen MR) is 76.9 cm³/mol. The van der Waals surface area contributed by atoms with Crippen molar-refractivity contribution in [1.82, 2.24) is 4.31 Å². The van der Waals surface area contributed by atoms with Crippen molar-refractivity contribution in [2.24, 2.45) is 5.92 Å². The number of esters is 1. The summed E-state index contributed by atoms with van der Waals surface area (Å²) in [5, 5.41) is 8.87. The molecule has 0 bridgehead atoms. The number of methoxy groups -OCH3 is 1. The molecule has 1 unspecified atom stereocenters. The largest absolute Gasteiger partial charge is 0.469 e. The van der Waals surface area contributed by atoms with E-state index in [-0.39, 0.29) is 11.4 Å². The predicted octanol–water partition coefficient (Wildman–Crippen LogP) is 1.30. The number of carbonyl (C=O) groups excluding carboxylic acids is 1. The van der Waals surface area contributed by atoms with E-state index in [0.29, 0.717) is 11.1 Å². The second-order valence-electron chi connectivity index (χ2n) is 4.80. The standard InChI is InChI=1S/C14H18N2O4S/c1-10-7-13(6-5-12(10)8-15)21(18,19)16(3)9-11(2)14(17)20-4/h5-7,11H,9H2,1-4H3. The van der Waals surface area contributed by atoms with Crippen LogP contribution in [0.5, 0.6) is 0 Å². The molecule has 0 aliphatic carbocycles.